The lowest BCUT2D eigenvalue weighted by Crippen LogP contribution is -2.50. The Morgan fingerprint density at radius 2 is 1.69 bits per heavy atom. The monoisotopic (exact) mass is 502 g/mol. The molecule has 0 aliphatic rings. The molecular formula is C26H35BrN2O3. The number of carbonyl (C=O) groups is 2. The fraction of sp³-hybridized carbons (Fsp3) is 0.462. The van der Waals surface area contributed by atoms with Crippen LogP contribution in [-0.2, 0) is 21.5 Å². The van der Waals surface area contributed by atoms with Crippen molar-refractivity contribution >= 4 is 27.7 Å². The number of hydrogen-bond acceptors (Lipinski definition) is 3. The maximum atomic E-state index is 13.2. The average molecular weight is 503 g/mol. The molecule has 1 atom stereocenters. The molecule has 0 spiro atoms. The summed E-state index contributed by atoms with van der Waals surface area (Å²) in [6, 6.07) is 13.2. The largest absolute Gasteiger partial charge is 0.483 e. The quantitative estimate of drug-likeness (QED) is 0.527. The Hall–Kier alpha value is -2.34. The molecule has 1 N–H and O–H groups in total. The summed E-state index contributed by atoms with van der Waals surface area (Å²) in [7, 11) is 0. The molecule has 0 bridgehead atoms. The average Bonchev–Trinajstić information content (AvgIpc) is 2.70. The predicted octanol–water partition coefficient (Wildman–Crippen LogP) is 5.38. The van der Waals surface area contributed by atoms with E-state index in [1.54, 1.807) is 11.8 Å². The topological polar surface area (TPSA) is 58.6 Å². The molecule has 32 heavy (non-hydrogen) atoms. The lowest BCUT2D eigenvalue weighted by molar-refractivity contribution is -0.142. The summed E-state index contributed by atoms with van der Waals surface area (Å²) in [4.78, 5) is 27.4. The lowest BCUT2D eigenvalue weighted by atomic mass is 9.87. The second-order valence-electron chi connectivity index (χ2n) is 9.53. The molecule has 2 aromatic rings. The van der Waals surface area contributed by atoms with Gasteiger partial charge in [-0.05, 0) is 72.3 Å². The molecule has 6 heteroatoms. The third kappa shape index (κ3) is 7.37. The minimum Gasteiger partial charge on any atom is -0.483 e. The summed E-state index contributed by atoms with van der Waals surface area (Å²) in [5.41, 5.74) is 3.29. The van der Waals surface area contributed by atoms with Crippen molar-refractivity contribution in [2.45, 2.75) is 72.5 Å². The maximum Gasteiger partial charge on any atom is 0.261 e. The molecule has 0 aromatic heterocycles. The van der Waals surface area contributed by atoms with E-state index in [0.29, 0.717) is 12.3 Å². The SMILES string of the molecule is Cc1ccc(CN(C(=O)COc2ccc(C(C)(C)C)cc2Br)C(C)C(=O)NC(C)C)cc1. The Balaban J connectivity index is 2.18. The number of nitrogens with zero attached hydrogens (tertiary/aromatic N) is 1. The number of aryl methyl sites for hydroxylation is 1. The number of benzene rings is 2. The Morgan fingerprint density at radius 1 is 1.06 bits per heavy atom. The van der Waals surface area contributed by atoms with Gasteiger partial charge in [0.05, 0.1) is 4.47 Å². The molecule has 2 rings (SSSR count). The highest BCUT2D eigenvalue weighted by molar-refractivity contribution is 9.10. The first-order valence-corrected chi connectivity index (χ1v) is 11.8. The molecule has 5 nitrogen and oxygen atoms in total. The molecule has 174 valence electrons. The second kappa shape index (κ2) is 11.0. The number of carbonyl (C=O) groups excluding carboxylic acids is 2. The van der Waals surface area contributed by atoms with Crippen molar-refractivity contribution in [1.82, 2.24) is 10.2 Å². The molecule has 2 amide bonds. The molecule has 1 unspecified atom stereocenters. The van der Waals surface area contributed by atoms with Gasteiger partial charge in [0.2, 0.25) is 5.91 Å². The van der Waals surface area contributed by atoms with E-state index in [0.717, 1.165) is 15.6 Å². The molecule has 0 fully saturated rings. The van der Waals surface area contributed by atoms with Crippen LogP contribution in [0.3, 0.4) is 0 Å². The van der Waals surface area contributed by atoms with Crippen LogP contribution in [0.5, 0.6) is 5.75 Å². The summed E-state index contributed by atoms with van der Waals surface area (Å²) in [6.07, 6.45) is 0. The van der Waals surface area contributed by atoms with E-state index in [2.05, 4.69) is 42.0 Å². The fourth-order valence-corrected chi connectivity index (χ4v) is 3.68. The first-order valence-electron chi connectivity index (χ1n) is 11.0. The summed E-state index contributed by atoms with van der Waals surface area (Å²) in [6.45, 7) is 14.2. The van der Waals surface area contributed by atoms with Gasteiger partial charge in [0.15, 0.2) is 6.61 Å². The minimum absolute atomic E-state index is 0.00480. The van der Waals surface area contributed by atoms with Gasteiger partial charge < -0.3 is 15.0 Å². The van der Waals surface area contributed by atoms with E-state index in [-0.39, 0.29) is 29.9 Å². The highest BCUT2D eigenvalue weighted by atomic mass is 79.9. The third-order valence-corrected chi connectivity index (χ3v) is 5.84. The van der Waals surface area contributed by atoms with E-state index in [9.17, 15) is 9.59 Å². The van der Waals surface area contributed by atoms with Gasteiger partial charge in [-0.15, -0.1) is 0 Å². The van der Waals surface area contributed by atoms with Gasteiger partial charge >= 0.3 is 0 Å². The summed E-state index contributed by atoms with van der Waals surface area (Å²) >= 11 is 3.55. The second-order valence-corrected chi connectivity index (χ2v) is 10.4. The van der Waals surface area contributed by atoms with Crippen molar-refractivity contribution in [1.29, 1.82) is 0 Å². The van der Waals surface area contributed by atoms with Crippen LogP contribution in [0.1, 0.15) is 58.2 Å². The van der Waals surface area contributed by atoms with Crippen molar-refractivity contribution in [2.75, 3.05) is 6.61 Å². The van der Waals surface area contributed by atoms with E-state index >= 15 is 0 Å². The molecule has 0 aliphatic carbocycles. The van der Waals surface area contributed by atoms with Crippen LogP contribution in [0.15, 0.2) is 46.9 Å². The van der Waals surface area contributed by atoms with Gasteiger partial charge in [0.1, 0.15) is 11.8 Å². The van der Waals surface area contributed by atoms with Crippen molar-refractivity contribution in [3.8, 4) is 5.75 Å². The van der Waals surface area contributed by atoms with Gasteiger partial charge in [-0.2, -0.15) is 0 Å². The Kier molecular flexibility index (Phi) is 8.90. The van der Waals surface area contributed by atoms with Crippen LogP contribution in [0.2, 0.25) is 0 Å². The number of amides is 2. The zero-order valence-corrected chi connectivity index (χ0v) is 21.7. The van der Waals surface area contributed by atoms with Gasteiger partial charge in [-0.3, -0.25) is 9.59 Å². The molecule has 0 radical (unpaired) electrons. The summed E-state index contributed by atoms with van der Waals surface area (Å²) in [5, 5.41) is 2.89. The molecular weight excluding hydrogens is 468 g/mol. The number of rotatable bonds is 8. The Labute approximate surface area is 200 Å². The summed E-state index contributed by atoms with van der Waals surface area (Å²) < 4.78 is 6.64. The van der Waals surface area contributed by atoms with Crippen LogP contribution in [0, 0.1) is 6.92 Å². The van der Waals surface area contributed by atoms with Crippen molar-refractivity contribution < 1.29 is 14.3 Å². The first-order chi connectivity index (χ1) is 14.9. The standard InChI is InChI=1S/C26H35BrN2O3/c1-17(2)28-25(31)19(4)29(15-20-10-8-18(3)9-11-20)24(30)16-32-23-13-12-21(14-22(23)27)26(5,6)7/h8-14,17,19H,15-16H2,1-7H3,(H,28,31). The Bertz CT molecular complexity index is 933. The summed E-state index contributed by atoms with van der Waals surface area (Å²) in [5.74, 6) is 0.167. The van der Waals surface area contributed by atoms with Gasteiger partial charge in [-0.1, -0.05) is 56.7 Å². The smallest absolute Gasteiger partial charge is 0.261 e. The van der Waals surface area contributed by atoms with Crippen molar-refractivity contribution in [2.24, 2.45) is 0 Å². The lowest BCUT2D eigenvalue weighted by Gasteiger charge is -2.29. The van der Waals surface area contributed by atoms with Crippen LogP contribution in [0.25, 0.3) is 0 Å². The van der Waals surface area contributed by atoms with E-state index in [4.69, 9.17) is 4.74 Å². The van der Waals surface area contributed by atoms with Gasteiger partial charge in [-0.25, -0.2) is 0 Å². The van der Waals surface area contributed by atoms with E-state index in [1.165, 1.54) is 5.56 Å². The molecule has 0 heterocycles. The fourth-order valence-electron chi connectivity index (χ4n) is 3.18. The zero-order chi connectivity index (χ0) is 24.1. The number of hydrogen-bond donors (Lipinski definition) is 1. The maximum absolute atomic E-state index is 13.2. The molecule has 0 aliphatic heterocycles. The van der Waals surface area contributed by atoms with Crippen molar-refractivity contribution in [3.05, 3.63) is 63.6 Å². The highest BCUT2D eigenvalue weighted by Crippen LogP contribution is 2.31. The van der Waals surface area contributed by atoms with Gasteiger partial charge in [0.25, 0.3) is 5.91 Å². The normalized spacial score (nSPS) is 12.4. The van der Waals surface area contributed by atoms with Crippen molar-refractivity contribution in [3.63, 3.8) is 0 Å². The van der Waals surface area contributed by atoms with Crippen LogP contribution in [0.4, 0.5) is 0 Å². The van der Waals surface area contributed by atoms with Crippen LogP contribution < -0.4 is 10.1 Å². The van der Waals surface area contributed by atoms with Crippen LogP contribution >= 0.6 is 15.9 Å². The highest BCUT2D eigenvalue weighted by Gasteiger charge is 2.27. The number of ether oxygens (including phenoxy) is 1. The molecule has 2 aromatic carbocycles. The Morgan fingerprint density at radius 3 is 2.22 bits per heavy atom. The predicted molar refractivity (Wildman–Crippen MR) is 133 cm³/mol. The minimum atomic E-state index is -0.624. The zero-order valence-electron chi connectivity index (χ0n) is 20.2. The molecule has 0 saturated carbocycles. The van der Waals surface area contributed by atoms with Gasteiger partial charge in [0, 0.05) is 12.6 Å². The van der Waals surface area contributed by atoms with E-state index in [1.807, 2.05) is 63.2 Å². The third-order valence-electron chi connectivity index (χ3n) is 5.22. The first kappa shape index (κ1) is 25.9. The van der Waals surface area contributed by atoms with E-state index < -0.39 is 6.04 Å². The number of halogens is 1. The number of nitrogens with one attached hydrogen (secondary N) is 1. The van der Waals surface area contributed by atoms with Crippen LogP contribution in [-0.4, -0.2) is 35.4 Å². The molecule has 0 saturated heterocycles.